The van der Waals surface area contributed by atoms with Gasteiger partial charge in [-0.15, -0.1) is 0 Å². The summed E-state index contributed by atoms with van der Waals surface area (Å²) in [4.78, 5) is 27.4. The standard InChI is InChI=1S/C20H18BrN3O2/c21-15-7-6-14-9-18(24-17(14)10-15)20(26)22-11-12-2-1-3-16(8-12)23-19(25)13-4-5-13/h1-3,6-10,13,24H,4-5,11H2,(H,22,26)(H,23,25). The number of carbonyl (C=O) groups excluding carboxylic acids is 2. The number of amides is 2. The summed E-state index contributed by atoms with van der Waals surface area (Å²) in [5, 5.41) is 6.83. The van der Waals surface area contributed by atoms with Crippen molar-refractivity contribution in [3.8, 4) is 0 Å². The summed E-state index contributed by atoms with van der Waals surface area (Å²) in [7, 11) is 0. The van der Waals surface area contributed by atoms with Gasteiger partial charge in [0.15, 0.2) is 0 Å². The first kappa shape index (κ1) is 16.8. The molecule has 0 radical (unpaired) electrons. The van der Waals surface area contributed by atoms with Crippen molar-refractivity contribution in [2.75, 3.05) is 5.32 Å². The molecule has 0 spiro atoms. The van der Waals surface area contributed by atoms with E-state index in [1.807, 2.05) is 48.5 Å². The number of rotatable bonds is 5. The van der Waals surface area contributed by atoms with Gasteiger partial charge in [-0.2, -0.15) is 0 Å². The maximum Gasteiger partial charge on any atom is 0.267 e. The number of carbonyl (C=O) groups is 2. The average molecular weight is 412 g/mol. The minimum Gasteiger partial charge on any atom is -0.350 e. The Labute approximate surface area is 159 Å². The molecule has 6 heteroatoms. The summed E-state index contributed by atoms with van der Waals surface area (Å²) >= 11 is 3.43. The van der Waals surface area contributed by atoms with Crippen molar-refractivity contribution in [2.45, 2.75) is 19.4 Å². The molecule has 2 aromatic carbocycles. The highest BCUT2D eigenvalue weighted by atomic mass is 79.9. The highest BCUT2D eigenvalue weighted by Crippen LogP contribution is 2.30. The Balaban J connectivity index is 1.41. The number of H-pyrrole nitrogens is 1. The van der Waals surface area contributed by atoms with Crippen molar-refractivity contribution in [3.63, 3.8) is 0 Å². The first-order chi connectivity index (χ1) is 12.6. The van der Waals surface area contributed by atoms with Gasteiger partial charge in [0, 0.05) is 33.5 Å². The zero-order valence-corrected chi connectivity index (χ0v) is 15.6. The molecule has 1 saturated carbocycles. The monoisotopic (exact) mass is 411 g/mol. The molecule has 1 aliphatic rings. The zero-order chi connectivity index (χ0) is 18.1. The van der Waals surface area contributed by atoms with Crippen LogP contribution in [0.25, 0.3) is 10.9 Å². The molecule has 3 N–H and O–H groups in total. The van der Waals surface area contributed by atoms with Gasteiger partial charge in [-0.05, 0) is 48.7 Å². The first-order valence-corrected chi connectivity index (χ1v) is 9.34. The summed E-state index contributed by atoms with van der Waals surface area (Å²) in [5.74, 6) is 0.0839. The number of nitrogens with one attached hydrogen (secondary N) is 3. The molecule has 2 amide bonds. The molecular weight excluding hydrogens is 394 g/mol. The van der Waals surface area contributed by atoms with Crippen molar-refractivity contribution in [1.29, 1.82) is 0 Å². The van der Waals surface area contributed by atoms with Gasteiger partial charge in [0.25, 0.3) is 5.91 Å². The third-order valence-electron chi connectivity index (χ3n) is 4.42. The van der Waals surface area contributed by atoms with Gasteiger partial charge in [0.2, 0.25) is 5.91 Å². The molecule has 26 heavy (non-hydrogen) atoms. The lowest BCUT2D eigenvalue weighted by Gasteiger charge is -2.08. The highest BCUT2D eigenvalue weighted by molar-refractivity contribution is 9.10. The number of aromatic nitrogens is 1. The molecule has 1 fully saturated rings. The second kappa shape index (κ2) is 6.96. The Morgan fingerprint density at radius 2 is 1.96 bits per heavy atom. The Kier molecular flexibility index (Phi) is 4.51. The van der Waals surface area contributed by atoms with E-state index in [0.717, 1.165) is 39.5 Å². The number of hydrogen-bond acceptors (Lipinski definition) is 2. The van der Waals surface area contributed by atoms with Gasteiger partial charge < -0.3 is 15.6 Å². The van der Waals surface area contributed by atoms with Crippen LogP contribution in [0.15, 0.2) is 53.0 Å². The van der Waals surface area contributed by atoms with Crippen molar-refractivity contribution >= 4 is 44.3 Å². The van der Waals surface area contributed by atoms with Crippen LogP contribution in [0.1, 0.15) is 28.9 Å². The molecule has 1 heterocycles. The molecule has 1 aromatic heterocycles. The Morgan fingerprint density at radius 3 is 2.77 bits per heavy atom. The smallest absolute Gasteiger partial charge is 0.267 e. The molecule has 0 aliphatic heterocycles. The maximum atomic E-state index is 12.4. The van der Waals surface area contributed by atoms with Crippen LogP contribution >= 0.6 is 15.9 Å². The van der Waals surface area contributed by atoms with Crippen LogP contribution in [-0.2, 0) is 11.3 Å². The van der Waals surface area contributed by atoms with E-state index in [-0.39, 0.29) is 17.7 Å². The van der Waals surface area contributed by atoms with E-state index in [4.69, 9.17) is 0 Å². The number of hydrogen-bond donors (Lipinski definition) is 3. The lowest BCUT2D eigenvalue weighted by atomic mass is 10.2. The molecule has 4 rings (SSSR count). The van der Waals surface area contributed by atoms with Crippen LogP contribution < -0.4 is 10.6 Å². The summed E-state index contributed by atoms with van der Waals surface area (Å²) in [6.45, 7) is 0.394. The van der Waals surface area contributed by atoms with Crippen molar-refractivity contribution in [3.05, 3.63) is 64.3 Å². The third kappa shape index (κ3) is 3.80. The summed E-state index contributed by atoms with van der Waals surface area (Å²) in [6, 6.07) is 15.2. The minimum atomic E-state index is -0.162. The van der Waals surface area contributed by atoms with E-state index in [0.29, 0.717) is 12.2 Å². The lowest BCUT2D eigenvalue weighted by molar-refractivity contribution is -0.117. The highest BCUT2D eigenvalue weighted by Gasteiger charge is 2.29. The molecule has 0 bridgehead atoms. The van der Waals surface area contributed by atoms with Gasteiger partial charge in [-0.1, -0.05) is 34.1 Å². The third-order valence-corrected chi connectivity index (χ3v) is 4.92. The van der Waals surface area contributed by atoms with Gasteiger partial charge in [-0.25, -0.2) is 0 Å². The van der Waals surface area contributed by atoms with Crippen molar-refractivity contribution in [1.82, 2.24) is 10.3 Å². The molecule has 132 valence electrons. The van der Waals surface area contributed by atoms with Crippen LogP contribution in [0.5, 0.6) is 0 Å². The quantitative estimate of drug-likeness (QED) is 0.588. The van der Waals surface area contributed by atoms with Crippen LogP contribution in [0.3, 0.4) is 0 Å². The normalized spacial score (nSPS) is 13.6. The van der Waals surface area contributed by atoms with E-state index >= 15 is 0 Å². The molecule has 3 aromatic rings. The van der Waals surface area contributed by atoms with E-state index in [1.54, 1.807) is 0 Å². The topological polar surface area (TPSA) is 74.0 Å². The number of benzene rings is 2. The summed E-state index contributed by atoms with van der Waals surface area (Å²) in [6.07, 6.45) is 1.95. The van der Waals surface area contributed by atoms with Crippen LogP contribution in [0.2, 0.25) is 0 Å². The predicted molar refractivity (Wildman–Crippen MR) is 105 cm³/mol. The van der Waals surface area contributed by atoms with Crippen LogP contribution in [-0.4, -0.2) is 16.8 Å². The summed E-state index contributed by atoms with van der Waals surface area (Å²) in [5.41, 5.74) is 3.14. The largest absolute Gasteiger partial charge is 0.350 e. The Bertz CT molecular complexity index is 992. The molecular formula is C20H18BrN3O2. The maximum absolute atomic E-state index is 12.4. The van der Waals surface area contributed by atoms with Gasteiger partial charge in [0.05, 0.1) is 0 Å². The van der Waals surface area contributed by atoms with Gasteiger partial charge in [-0.3, -0.25) is 9.59 Å². The average Bonchev–Trinajstić information content (AvgIpc) is 3.40. The fourth-order valence-electron chi connectivity index (χ4n) is 2.85. The molecule has 5 nitrogen and oxygen atoms in total. The Morgan fingerprint density at radius 1 is 1.12 bits per heavy atom. The number of anilines is 1. The van der Waals surface area contributed by atoms with Gasteiger partial charge in [0.1, 0.15) is 5.69 Å². The van der Waals surface area contributed by atoms with E-state index < -0.39 is 0 Å². The van der Waals surface area contributed by atoms with Crippen LogP contribution in [0.4, 0.5) is 5.69 Å². The van der Waals surface area contributed by atoms with Crippen LogP contribution in [0, 0.1) is 5.92 Å². The van der Waals surface area contributed by atoms with E-state index in [2.05, 4.69) is 31.5 Å². The lowest BCUT2D eigenvalue weighted by Crippen LogP contribution is -2.23. The van der Waals surface area contributed by atoms with Crippen molar-refractivity contribution < 1.29 is 9.59 Å². The second-order valence-corrected chi connectivity index (χ2v) is 7.48. The fourth-order valence-corrected chi connectivity index (χ4v) is 3.21. The van der Waals surface area contributed by atoms with Gasteiger partial charge >= 0.3 is 0 Å². The van der Waals surface area contributed by atoms with E-state index in [9.17, 15) is 9.59 Å². The fraction of sp³-hybridized carbons (Fsp3) is 0.200. The second-order valence-electron chi connectivity index (χ2n) is 6.56. The summed E-state index contributed by atoms with van der Waals surface area (Å²) < 4.78 is 0.962. The zero-order valence-electron chi connectivity index (χ0n) is 14.0. The SMILES string of the molecule is O=C(NCc1cccc(NC(=O)C2CC2)c1)c1cc2ccc(Br)cc2[nH]1. The molecule has 0 saturated heterocycles. The number of aromatic amines is 1. The van der Waals surface area contributed by atoms with E-state index in [1.165, 1.54) is 0 Å². The number of fused-ring (bicyclic) bond motifs is 1. The first-order valence-electron chi connectivity index (χ1n) is 8.55. The molecule has 0 unspecified atom stereocenters. The predicted octanol–water partition coefficient (Wildman–Crippen LogP) is 4.21. The minimum absolute atomic E-state index is 0.0791. The molecule has 1 aliphatic carbocycles. The number of halogens is 1. The molecule has 0 atom stereocenters. The van der Waals surface area contributed by atoms with Crippen molar-refractivity contribution in [2.24, 2.45) is 5.92 Å². The Hall–Kier alpha value is -2.60.